The molecule has 0 aromatic heterocycles. The van der Waals surface area contributed by atoms with Gasteiger partial charge in [-0.15, -0.1) is 0 Å². The number of hydrogen-bond acceptors (Lipinski definition) is 2. The third-order valence-electron chi connectivity index (χ3n) is 4.11. The van der Waals surface area contributed by atoms with Crippen LogP contribution in [-0.4, -0.2) is 25.8 Å². The zero-order valence-corrected chi connectivity index (χ0v) is 11.5. The summed E-state index contributed by atoms with van der Waals surface area (Å²) in [6.45, 7) is 6.36. The molecule has 1 heterocycles. The van der Waals surface area contributed by atoms with Crippen LogP contribution in [0.3, 0.4) is 0 Å². The van der Waals surface area contributed by atoms with Gasteiger partial charge in [-0.1, -0.05) is 6.92 Å². The average molecular weight is 269 g/mol. The molecule has 1 aliphatic rings. The minimum Gasteiger partial charge on any atom is -0.378 e. The lowest BCUT2D eigenvalue weighted by Crippen LogP contribution is -2.41. The molecule has 2 nitrogen and oxygen atoms in total. The molecule has 2 unspecified atom stereocenters. The Bertz CT molecular complexity index is 438. The number of ether oxygens (including phenoxy) is 1. The van der Waals surface area contributed by atoms with Crippen LogP contribution in [0.4, 0.5) is 8.78 Å². The van der Waals surface area contributed by atoms with Crippen LogP contribution in [0.25, 0.3) is 0 Å². The molecule has 0 aliphatic carbocycles. The van der Waals surface area contributed by atoms with Gasteiger partial charge in [0, 0.05) is 18.6 Å². The lowest BCUT2D eigenvalue weighted by Gasteiger charge is -2.32. The van der Waals surface area contributed by atoms with Gasteiger partial charge in [-0.05, 0) is 50.1 Å². The van der Waals surface area contributed by atoms with Gasteiger partial charge >= 0.3 is 0 Å². The fourth-order valence-electron chi connectivity index (χ4n) is 2.78. The Kier molecular flexibility index (Phi) is 4.53. The molecule has 0 radical (unpaired) electrons. The van der Waals surface area contributed by atoms with E-state index in [-0.39, 0.29) is 23.2 Å². The maximum absolute atomic E-state index is 13.8. The third kappa shape index (κ3) is 3.12. The Hall–Kier alpha value is -1.00. The summed E-state index contributed by atoms with van der Waals surface area (Å²) in [5.74, 6) is -0.724. The molecule has 106 valence electrons. The lowest BCUT2D eigenvalue weighted by molar-refractivity contribution is 0.0628. The Morgan fingerprint density at radius 1 is 1.42 bits per heavy atom. The van der Waals surface area contributed by atoms with Crippen molar-refractivity contribution in [2.45, 2.75) is 32.8 Å². The van der Waals surface area contributed by atoms with Crippen molar-refractivity contribution in [3.8, 4) is 0 Å². The van der Waals surface area contributed by atoms with E-state index in [0.29, 0.717) is 18.6 Å². The first-order valence-electron chi connectivity index (χ1n) is 6.83. The summed E-state index contributed by atoms with van der Waals surface area (Å²) in [4.78, 5) is 0. The van der Waals surface area contributed by atoms with E-state index >= 15 is 0 Å². The molecular weight excluding hydrogens is 248 g/mol. The van der Waals surface area contributed by atoms with Gasteiger partial charge in [-0.25, -0.2) is 8.78 Å². The van der Waals surface area contributed by atoms with Gasteiger partial charge < -0.3 is 10.1 Å². The highest BCUT2D eigenvalue weighted by molar-refractivity contribution is 5.21. The maximum atomic E-state index is 13.8. The Morgan fingerprint density at radius 3 is 2.84 bits per heavy atom. The second kappa shape index (κ2) is 5.97. The number of benzene rings is 1. The zero-order chi connectivity index (χ0) is 13.9. The molecular formula is C15H21F2NO. The van der Waals surface area contributed by atoms with Gasteiger partial charge in [0.05, 0.1) is 6.10 Å². The highest BCUT2D eigenvalue weighted by Crippen LogP contribution is 2.38. The molecule has 0 amide bonds. The van der Waals surface area contributed by atoms with Crippen LogP contribution >= 0.6 is 0 Å². The van der Waals surface area contributed by atoms with Crippen LogP contribution in [0.15, 0.2) is 18.2 Å². The van der Waals surface area contributed by atoms with E-state index in [9.17, 15) is 8.78 Å². The lowest BCUT2D eigenvalue weighted by atomic mass is 9.76. The fraction of sp³-hybridized carbons (Fsp3) is 0.600. The minimum atomic E-state index is -0.387. The number of rotatable bonds is 5. The van der Waals surface area contributed by atoms with Crippen molar-refractivity contribution < 1.29 is 13.5 Å². The van der Waals surface area contributed by atoms with Crippen molar-refractivity contribution in [3.05, 3.63) is 35.4 Å². The van der Waals surface area contributed by atoms with Crippen LogP contribution in [0.1, 0.15) is 25.8 Å². The summed E-state index contributed by atoms with van der Waals surface area (Å²) in [6, 6.07) is 3.66. The second-order valence-corrected chi connectivity index (χ2v) is 5.32. The molecule has 0 spiro atoms. The van der Waals surface area contributed by atoms with E-state index in [1.807, 2.05) is 13.8 Å². The first-order valence-corrected chi connectivity index (χ1v) is 6.83. The van der Waals surface area contributed by atoms with Crippen molar-refractivity contribution in [2.24, 2.45) is 5.41 Å². The van der Waals surface area contributed by atoms with Crippen molar-refractivity contribution in [1.29, 1.82) is 0 Å². The monoisotopic (exact) mass is 269 g/mol. The second-order valence-electron chi connectivity index (χ2n) is 5.32. The molecule has 0 bridgehead atoms. The number of nitrogens with one attached hydrogen (secondary N) is 1. The summed E-state index contributed by atoms with van der Waals surface area (Å²) in [7, 11) is 0. The normalized spacial score (nSPS) is 26.8. The minimum absolute atomic E-state index is 0.0502. The van der Waals surface area contributed by atoms with E-state index in [1.165, 1.54) is 12.1 Å². The fourth-order valence-corrected chi connectivity index (χ4v) is 2.78. The highest BCUT2D eigenvalue weighted by Gasteiger charge is 2.41. The summed E-state index contributed by atoms with van der Waals surface area (Å²) in [6.07, 6.45) is 1.43. The molecule has 1 fully saturated rings. The molecule has 19 heavy (non-hydrogen) atoms. The first-order chi connectivity index (χ1) is 9.07. The van der Waals surface area contributed by atoms with E-state index in [1.54, 1.807) is 0 Å². The maximum Gasteiger partial charge on any atom is 0.126 e. The van der Waals surface area contributed by atoms with Crippen LogP contribution in [-0.2, 0) is 11.2 Å². The summed E-state index contributed by atoms with van der Waals surface area (Å²) >= 11 is 0. The van der Waals surface area contributed by atoms with Gasteiger partial charge in [0.15, 0.2) is 0 Å². The smallest absolute Gasteiger partial charge is 0.126 e. The van der Waals surface area contributed by atoms with Gasteiger partial charge in [-0.2, -0.15) is 0 Å². The summed E-state index contributed by atoms with van der Waals surface area (Å²) < 4.78 is 32.7. The third-order valence-corrected chi connectivity index (χ3v) is 4.11. The average Bonchev–Trinajstić information content (AvgIpc) is 2.73. The molecule has 1 aliphatic heterocycles. The van der Waals surface area contributed by atoms with Crippen molar-refractivity contribution in [2.75, 3.05) is 19.7 Å². The number of halogens is 2. The van der Waals surface area contributed by atoms with Crippen LogP contribution in [0, 0.1) is 17.0 Å². The topological polar surface area (TPSA) is 21.3 Å². The van der Waals surface area contributed by atoms with Crippen molar-refractivity contribution in [3.63, 3.8) is 0 Å². The quantitative estimate of drug-likeness (QED) is 0.887. The number of hydrogen-bond donors (Lipinski definition) is 1. The Morgan fingerprint density at radius 2 is 2.21 bits per heavy atom. The van der Waals surface area contributed by atoms with Crippen molar-refractivity contribution >= 4 is 0 Å². The van der Waals surface area contributed by atoms with Gasteiger partial charge in [-0.3, -0.25) is 0 Å². The summed E-state index contributed by atoms with van der Waals surface area (Å²) in [5, 5.41) is 3.32. The van der Waals surface area contributed by atoms with Gasteiger partial charge in [0.2, 0.25) is 0 Å². The van der Waals surface area contributed by atoms with Crippen LogP contribution < -0.4 is 5.32 Å². The van der Waals surface area contributed by atoms with Crippen LogP contribution in [0.5, 0.6) is 0 Å². The first kappa shape index (κ1) is 14.4. The summed E-state index contributed by atoms with van der Waals surface area (Å²) in [5.41, 5.74) is 0.292. The molecule has 2 rings (SSSR count). The van der Waals surface area contributed by atoms with Gasteiger partial charge in [0.25, 0.3) is 0 Å². The van der Waals surface area contributed by atoms with Crippen LogP contribution in [0.2, 0.25) is 0 Å². The van der Waals surface area contributed by atoms with E-state index < -0.39 is 0 Å². The molecule has 1 saturated heterocycles. The molecule has 1 aromatic rings. The highest BCUT2D eigenvalue weighted by atomic mass is 19.1. The Balaban J connectivity index is 2.22. The Labute approximate surface area is 113 Å². The molecule has 1 N–H and O–H groups in total. The largest absolute Gasteiger partial charge is 0.378 e. The molecule has 2 atom stereocenters. The van der Waals surface area contributed by atoms with Crippen molar-refractivity contribution in [1.82, 2.24) is 5.32 Å². The van der Waals surface area contributed by atoms with Gasteiger partial charge in [0.1, 0.15) is 11.6 Å². The van der Waals surface area contributed by atoms with E-state index in [2.05, 4.69) is 5.32 Å². The predicted molar refractivity (Wildman–Crippen MR) is 71.1 cm³/mol. The van der Waals surface area contributed by atoms with E-state index in [4.69, 9.17) is 4.74 Å². The molecule has 0 saturated carbocycles. The predicted octanol–water partition coefficient (Wildman–Crippen LogP) is 2.91. The molecule has 1 aromatic carbocycles. The molecule has 4 heteroatoms. The van der Waals surface area contributed by atoms with E-state index in [0.717, 1.165) is 25.6 Å². The standard InChI is InChI=1S/C15H21F2NO/c1-3-18-10-15(6-7-19-11(15)2)9-12-8-13(16)4-5-14(12)17/h4-5,8,11,18H,3,6-7,9-10H2,1-2H3. The SMILES string of the molecule is CCNCC1(Cc2cc(F)ccc2F)CCOC1C. The zero-order valence-electron chi connectivity index (χ0n) is 11.5.